The molecule has 0 radical (unpaired) electrons. The van der Waals surface area contributed by atoms with Crippen molar-refractivity contribution in [2.24, 2.45) is 5.92 Å². The fourth-order valence-electron chi connectivity index (χ4n) is 1.91. The predicted molar refractivity (Wildman–Crippen MR) is 50.8 cm³/mol. The van der Waals surface area contributed by atoms with Crippen LogP contribution < -0.4 is 0 Å². The van der Waals surface area contributed by atoms with Gasteiger partial charge in [-0.15, -0.1) is 0 Å². The van der Waals surface area contributed by atoms with Gasteiger partial charge >= 0.3 is 0 Å². The zero-order chi connectivity index (χ0) is 9.42. The second-order valence-corrected chi connectivity index (χ2v) is 3.73. The number of nitrogens with zero attached hydrogens (tertiary/aromatic N) is 1. The average Bonchev–Trinajstić information content (AvgIpc) is 2.12. The third kappa shape index (κ3) is 1.26. The number of fused-ring (bicyclic) bond motifs is 1. The minimum atomic E-state index is 0.176. The van der Waals surface area contributed by atoms with E-state index in [9.17, 15) is 4.79 Å². The molecule has 1 aliphatic carbocycles. The lowest BCUT2D eigenvalue weighted by atomic mass is 9.83. The van der Waals surface area contributed by atoms with E-state index in [-0.39, 0.29) is 11.7 Å². The number of hydrogen-bond donors (Lipinski definition) is 0. The minimum Gasteiger partial charge on any atom is -0.294 e. The molecule has 0 N–H and O–H groups in total. The van der Waals surface area contributed by atoms with Gasteiger partial charge in [-0.25, -0.2) is 0 Å². The Morgan fingerprint density at radius 2 is 2.31 bits per heavy atom. The molecule has 1 aromatic heterocycles. The summed E-state index contributed by atoms with van der Waals surface area (Å²) < 4.78 is 0. The number of aromatic nitrogens is 1. The van der Waals surface area contributed by atoms with Crippen LogP contribution in [0.25, 0.3) is 0 Å². The summed E-state index contributed by atoms with van der Waals surface area (Å²) in [7, 11) is 0. The Morgan fingerprint density at radius 3 is 3.08 bits per heavy atom. The number of rotatable bonds is 0. The molecular formula is C11H13NO. The summed E-state index contributed by atoms with van der Waals surface area (Å²) in [5.74, 6) is 0.447. The van der Waals surface area contributed by atoms with Crippen LogP contribution in [-0.4, -0.2) is 10.8 Å². The Labute approximate surface area is 78.0 Å². The molecule has 2 nitrogen and oxygen atoms in total. The number of aryl methyl sites for hydroxylation is 2. The summed E-state index contributed by atoms with van der Waals surface area (Å²) in [4.78, 5) is 16.0. The highest BCUT2D eigenvalue weighted by molar-refractivity contribution is 6.00. The third-order valence-electron chi connectivity index (χ3n) is 2.77. The Balaban J connectivity index is 2.57. The van der Waals surface area contributed by atoms with Crippen LogP contribution >= 0.6 is 0 Å². The van der Waals surface area contributed by atoms with Gasteiger partial charge in [0.15, 0.2) is 5.78 Å². The maximum absolute atomic E-state index is 11.8. The smallest absolute Gasteiger partial charge is 0.167 e. The van der Waals surface area contributed by atoms with Crippen molar-refractivity contribution in [3.63, 3.8) is 0 Å². The maximum atomic E-state index is 11.8. The molecule has 0 spiro atoms. The first-order valence-electron chi connectivity index (χ1n) is 4.69. The lowest BCUT2D eigenvalue weighted by Gasteiger charge is -2.20. The molecule has 0 aromatic carbocycles. The lowest BCUT2D eigenvalue weighted by Crippen LogP contribution is -2.21. The highest BCUT2D eigenvalue weighted by atomic mass is 16.1. The van der Waals surface area contributed by atoms with Crippen LogP contribution in [0.3, 0.4) is 0 Å². The van der Waals surface area contributed by atoms with E-state index in [2.05, 4.69) is 4.98 Å². The summed E-state index contributed by atoms with van der Waals surface area (Å²) in [5, 5.41) is 0. The van der Waals surface area contributed by atoms with E-state index in [0.717, 1.165) is 24.1 Å². The molecule has 68 valence electrons. The molecular weight excluding hydrogens is 162 g/mol. The molecule has 1 unspecified atom stereocenters. The van der Waals surface area contributed by atoms with Crippen molar-refractivity contribution >= 4 is 5.78 Å². The highest BCUT2D eigenvalue weighted by Gasteiger charge is 2.25. The van der Waals surface area contributed by atoms with E-state index in [1.165, 1.54) is 5.56 Å². The van der Waals surface area contributed by atoms with E-state index in [0.29, 0.717) is 0 Å². The second-order valence-electron chi connectivity index (χ2n) is 3.73. The first-order chi connectivity index (χ1) is 6.20. The predicted octanol–water partition coefficient (Wildman–Crippen LogP) is 2.16. The molecule has 1 heterocycles. The molecule has 2 rings (SSSR count). The van der Waals surface area contributed by atoms with Gasteiger partial charge in [-0.3, -0.25) is 9.78 Å². The van der Waals surface area contributed by atoms with Gasteiger partial charge in [0.2, 0.25) is 0 Å². The topological polar surface area (TPSA) is 30.0 Å². The van der Waals surface area contributed by atoms with Gasteiger partial charge in [0.05, 0.1) is 0 Å². The van der Waals surface area contributed by atoms with Gasteiger partial charge in [-0.05, 0) is 31.4 Å². The van der Waals surface area contributed by atoms with E-state index in [1.807, 2.05) is 19.9 Å². The van der Waals surface area contributed by atoms with Crippen LogP contribution in [0, 0.1) is 12.8 Å². The number of carbonyl (C=O) groups is 1. The molecule has 1 atom stereocenters. The van der Waals surface area contributed by atoms with Crippen LogP contribution in [0.1, 0.15) is 35.0 Å². The third-order valence-corrected chi connectivity index (χ3v) is 2.77. The van der Waals surface area contributed by atoms with Crippen LogP contribution in [-0.2, 0) is 6.42 Å². The molecule has 13 heavy (non-hydrogen) atoms. The Hall–Kier alpha value is -1.18. The summed E-state index contributed by atoms with van der Waals surface area (Å²) in [6, 6.07) is 1.96. The molecule has 0 aliphatic heterocycles. The molecule has 0 saturated heterocycles. The van der Waals surface area contributed by atoms with Crippen molar-refractivity contribution in [1.82, 2.24) is 4.98 Å². The molecule has 0 fully saturated rings. The monoisotopic (exact) mass is 175 g/mol. The van der Waals surface area contributed by atoms with Crippen molar-refractivity contribution in [3.05, 3.63) is 29.1 Å². The number of carbonyl (C=O) groups excluding carboxylic acids is 1. The van der Waals surface area contributed by atoms with Gasteiger partial charge in [-0.1, -0.05) is 6.92 Å². The molecule has 0 amide bonds. The molecule has 2 heteroatoms. The summed E-state index contributed by atoms with van der Waals surface area (Å²) in [6.07, 6.45) is 3.79. The van der Waals surface area contributed by atoms with Crippen LogP contribution in [0.5, 0.6) is 0 Å². The number of Topliss-reactive ketones (excluding diaryl/α,β-unsaturated/α-hetero) is 1. The molecule has 0 bridgehead atoms. The van der Waals surface area contributed by atoms with Gasteiger partial charge < -0.3 is 0 Å². The fourth-order valence-corrected chi connectivity index (χ4v) is 1.91. The van der Waals surface area contributed by atoms with Crippen molar-refractivity contribution in [3.8, 4) is 0 Å². The number of hydrogen-bond acceptors (Lipinski definition) is 2. The van der Waals surface area contributed by atoms with E-state index in [1.54, 1.807) is 6.20 Å². The Kier molecular flexibility index (Phi) is 1.91. The number of ketones is 1. The standard InChI is InChI=1S/C11H13NO/c1-7-3-4-9-5-6-12-8(2)10(9)11(7)13/h5-7H,3-4H2,1-2H3. The zero-order valence-electron chi connectivity index (χ0n) is 8.00. The van der Waals surface area contributed by atoms with Crippen LogP contribution in [0.4, 0.5) is 0 Å². The summed E-state index contributed by atoms with van der Waals surface area (Å²) in [5.41, 5.74) is 2.94. The lowest BCUT2D eigenvalue weighted by molar-refractivity contribution is 0.0912. The average molecular weight is 175 g/mol. The van der Waals surface area contributed by atoms with Gasteiger partial charge in [0.1, 0.15) is 0 Å². The fraction of sp³-hybridized carbons (Fsp3) is 0.455. The first kappa shape index (κ1) is 8.42. The Bertz CT molecular complexity index is 357. The van der Waals surface area contributed by atoms with Crippen LogP contribution in [0.2, 0.25) is 0 Å². The quantitative estimate of drug-likeness (QED) is 0.604. The van der Waals surface area contributed by atoms with Crippen molar-refractivity contribution < 1.29 is 4.79 Å². The second kappa shape index (κ2) is 2.95. The van der Waals surface area contributed by atoms with Crippen molar-refractivity contribution in [2.75, 3.05) is 0 Å². The normalized spacial score (nSPS) is 21.4. The zero-order valence-corrected chi connectivity index (χ0v) is 8.00. The largest absolute Gasteiger partial charge is 0.294 e. The van der Waals surface area contributed by atoms with E-state index >= 15 is 0 Å². The summed E-state index contributed by atoms with van der Waals surface area (Å²) in [6.45, 7) is 3.91. The van der Waals surface area contributed by atoms with E-state index < -0.39 is 0 Å². The van der Waals surface area contributed by atoms with Gasteiger partial charge in [-0.2, -0.15) is 0 Å². The highest BCUT2D eigenvalue weighted by Crippen LogP contribution is 2.26. The molecule has 1 aromatic rings. The van der Waals surface area contributed by atoms with E-state index in [4.69, 9.17) is 0 Å². The van der Waals surface area contributed by atoms with Gasteiger partial charge in [0.25, 0.3) is 0 Å². The van der Waals surface area contributed by atoms with Crippen molar-refractivity contribution in [1.29, 1.82) is 0 Å². The van der Waals surface area contributed by atoms with Crippen molar-refractivity contribution in [2.45, 2.75) is 26.7 Å². The number of pyridine rings is 1. The molecule has 0 saturated carbocycles. The van der Waals surface area contributed by atoms with Gasteiger partial charge in [0, 0.05) is 23.4 Å². The maximum Gasteiger partial charge on any atom is 0.167 e. The first-order valence-corrected chi connectivity index (χ1v) is 4.69. The minimum absolute atomic E-state index is 0.176. The van der Waals surface area contributed by atoms with Crippen LogP contribution in [0.15, 0.2) is 12.3 Å². The molecule has 1 aliphatic rings. The SMILES string of the molecule is Cc1nccc2c1C(=O)C(C)CC2. The summed E-state index contributed by atoms with van der Waals surface area (Å²) >= 11 is 0. The Morgan fingerprint density at radius 1 is 1.54 bits per heavy atom.